The molecule has 121 valence electrons. The number of carbonyl (C=O) groups is 1. The molecule has 10 heteroatoms. The minimum atomic E-state index is -1.97. The average molecular weight is 521 g/mol. The van der Waals surface area contributed by atoms with E-state index in [1.807, 2.05) is 0 Å². The van der Waals surface area contributed by atoms with Crippen molar-refractivity contribution in [1.82, 2.24) is 0 Å². The number of esters is 1. The van der Waals surface area contributed by atoms with Crippen LogP contribution in [0.5, 0.6) is 0 Å². The van der Waals surface area contributed by atoms with Crippen LogP contribution in [0.15, 0.2) is 0 Å². The third kappa shape index (κ3) is 4.56. The molecule has 1 saturated heterocycles. The molecule has 1 aliphatic rings. The van der Waals surface area contributed by atoms with Gasteiger partial charge >= 0.3 is 5.97 Å². The number of hydrogen-bond donors (Lipinski definition) is 4. The Morgan fingerprint density at radius 2 is 2.05 bits per heavy atom. The van der Waals surface area contributed by atoms with Crippen LogP contribution in [0.3, 0.4) is 0 Å². The van der Waals surface area contributed by atoms with Crippen molar-refractivity contribution in [2.24, 2.45) is 0 Å². The summed E-state index contributed by atoms with van der Waals surface area (Å²) in [7, 11) is 2.25. The maximum absolute atomic E-state index is 11.7. The molecule has 6 unspecified atom stereocenters. The number of aliphatic hydroxyl groups is 4. The van der Waals surface area contributed by atoms with Crippen molar-refractivity contribution in [3.8, 4) is 0 Å². The van der Waals surface area contributed by atoms with Crippen LogP contribution in [-0.2, 0) is 19.0 Å². The third-order valence-corrected chi connectivity index (χ3v) is 3.32. The molecule has 1 rings (SSSR count). The van der Waals surface area contributed by atoms with E-state index in [1.54, 1.807) is 0 Å². The first kappa shape index (κ1) is 21.6. The second-order valence-electron chi connectivity index (χ2n) is 4.57. The van der Waals surface area contributed by atoms with E-state index in [9.17, 15) is 20.1 Å². The predicted molar refractivity (Wildman–Crippen MR) is 64.5 cm³/mol. The third-order valence-electron chi connectivity index (χ3n) is 3.32. The summed E-state index contributed by atoms with van der Waals surface area (Å²) >= 11 is 0. The van der Waals surface area contributed by atoms with Crippen LogP contribution in [0.4, 0.5) is 0 Å². The Kier molecular flexibility index (Phi) is 9.33. The number of nitrogens with one attached hydrogen (secondary N) is 1. The standard InChI is InChI=1S/C11H20NO8.Ac/c1-18-10(17)11(19-2)3-5(14)7(12)9(20-11)8(16)6(15)4-13;/h5-9,12-16H,3-4H2,1-2H3;/q-1;. The molecule has 0 amide bonds. The summed E-state index contributed by atoms with van der Waals surface area (Å²) in [5, 5.41) is 37.9. The predicted octanol–water partition coefficient (Wildman–Crippen LogP) is -2.21. The van der Waals surface area contributed by atoms with Crippen LogP contribution >= 0.6 is 0 Å². The Hall–Kier alpha value is 0.632. The summed E-state index contributed by atoms with van der Waals surface area (Å²) in [6.45, 7) is -0.762. The van der Waals surface area contributed by atoms with Gasteiger partial charge in [0, 0.05) is 63.7 Å². The zero-order valence-corrected chi connectivity index (χ0v) is 16.5. The molecule has 0 aromatic carbocycles. The van der Waals surface area contributed by atoms with Gasteiger partial charge in [-0.05, 0) is 0 Å². The van der Waals surface area contributed by atoms with E-state index >= 15 is 0 Å². The summed E-state index contributed by atoms with van der Waals surface area (Å²) in [5.41, 5.74) is 7.75. The topological polar surface area (TPSA) is 149 Å². The van der Waals surface area contributed by atoms with Crippen molar-refractivity contribution in [1.29, 1.82) is 0 Å². The van der Waals surface area contributed by atoms with Crippen LogP contribution in [0.25, 0.3) is 5.73 Å². The van der Waals surface area contributed by atoms with Crippen LogP contribution in [-0.4, -0.2) is 83.5 Å². The number of rotatable bonds is 5. The van der Waals surface area contributed by atoms with E-state index in [0.717, 1.165) is 14.2 Å². The Morgan fingerprint density at radius 3 is 2.48 bits per heavy atom. The quantitative estimate of drug-likeness (QED) is 0.298. The molecular formula is C11H20AcNO8-. The zero-order chi connectivity index (χ0) is 15.5. The number of aliphatic hydroxyl groups excluding tert-OH is 4. The molecule has 1 radical (unpaired) electrons. The molecule has 6 atom stereocenters. The maximum Gasteiger partial charge on any atom is 0.366 e. The van der Waals surface area contributed by atoms with Crippen molar-refractivity contribution in [2.75, 3.05) is 20.8 Å². The monoisotopic (exact) mass is 521 g/mol. The summed E-state index contributed by atoms with van der Waals surface area (Å²) in [4.78, 5) is 11.7. The van der Waals surface area contributed by atoms with Gasteiger partial charge in [-0.25, -0.2) is 4.79 Å². The average Bonchev–Trinajstić information content (AvgIpc) is 2.47. The first-order chi connectivity index (χ1) is 9.32. The van der Waals surface area contributed by atoms with E-state index in [4.69, 9.17) is 20.3 Å². The molecule has 1 aliphatic heterocycles. The minimum absolute atomic E-state index is 0. The van der Waals surface area contributed by atoms with Gasteiger partial charge in [0.25, 0.3) is 5.79 Å². The molecule has 0 spiro atoms. The van der Waals surface area contributed by atoms with Crippen LogP contribution in [0.2, 0.25) is 0 Å². The van der Waals surface area contributed by atoms with Gasteiger partial charge in [0.2, 0.25) is 0 Å². The smallest absolute Gasteiger partial charge is 0.366 e. The van der Waals surface area contributed by atoms with Crippen molar-refractivity contribution in [2.45, 2.75) is 42.7 Å². The van der Waals surface area contributed by atoms with Crippen molar-refractivity contribution in [3.63, 3.8) is 0 Å². The number of methoxy groups -OCH3 is 2. The Morgan fingerprint density at radius 1 is 1.48 bits per heavy atom. The molecule has 9 nitrogen and oxygen atoms in total. The Labute approximate surface area is 157 Å². The van der Waals surface area contributed by atoms with Gasteiger partial charge in [-0.1, -0.05) is 6.04 Å². The molecule has 0 aromatic rings. The fourth-order valence-corrected chi connectivity index (χ4v) is 2.07. The molecule has 0 bridgehead atoms. The van der Waals surface area contributed by atoms with Gasteiger partial charge < -0.3 is 40.4 Å². The summed E-state index contributed by atoms with van der Waals surface area (Å²) < 4.78 is 14.8. The molecule has 1 fully saturated rings. The number of hydrogen-bond acceptors (Lipinski definition) is 8. The van der Waals surface area contributed by atoms with E-state index in [1.165, 1.54) is 0 Å². The Balaban J connectivity index is 0.00000400. The first-order valence-electron chi connectivity index (χ1n) is 6.00. The van der Waals surface area contributed by atoms with Crippen LogP contribution < -0.4 is 0 Å². The zero-order valence-electron chi connectivity index (χ0n) is 11.8. The van der Waals surface area contributed by atoms with E-state index in [0.29, 0.717) is 0 Å². The van der Waals surface area contributed by atoms with E-state index < -0.39 is 48.8 Å². The minimum Gasteiger partial charge on any atom is -0.670 e. The van der Waals surface area contributed by atoms with Gasteiger partial charge in [-0.2, -0.15) is 0 Å². The van der Waals surface area contributed by atoms with Crippen molar-refractivity contribution in [3.05, 3.63) is 5.73 Å². The normalized spacial score (nSPS) is 35.5. The van der Waals surface area contributed by atoms with Gasteiger partial charge in [0.1, 0.15) is 12.2 Å². The molecule has 21 heavy (non-hydrogen) atoms. The largest absolute Gasteiger partial charge is 0.670 e. The fourth-order valence-electron chi connectivity index (χ4n) is 2.07. The van der Waals surface area contributed by atoms with Gasteiger partial charge in [0.05, 0.1) is 19.8 Å². The summed E-state index contributed by atoms with van der Waals surface area (Å²) in [6, 6.07) is -1.32. The summed E-state index contributed by atoms with van der Waals surface area (Å²) in [5.74, 6) is -2.89. The SMILES string of the molecule is COC(=O)C1(OC)CC(O)C([NH-])C(C(O)C(O)CO)O1.[Ac]. The second-order valence-corrected chi connectivity index (χ2v) is 4.57. The number of ether oxygens (including phenoxy) is 3. The van der Waals surface area contributed by atoms with Crippen LogP contribution in [0.1, 0.15) is 6.42 Å². The van der Waals surface area contributed by atoms with Gasteiger partial charge in [0.15, 0.2) is 0 Å². The molecule has 0 aliphatic carbocycles. The summed E-state index contributed by atoms with van der Waals surface area (Å²) in [6.07, 6.45) is -6.36. The fraction of sp³-hybridized carbons (Fsp3) is 0.909. The van der Waals surface area contributed by atoms with Crippen molar-refractivity contribution < 1.29 is 83.5 Å². The second kappa shape index (κ2) is 9.06. The Bertz CT molecular complexity index is 346. The molecule has 0 aromatic heterocycles. The van der Waals surface area contributed by atoms with Gasteiger partial charge in [-0.3, -0.25) is 0 Å². The molecule has 5 N–H and O–H groups in total. The van der Waals surface area contributed by atoms with Crippen LogP contribution in [0, 0.1) is 44.1 Å². The maximum atomic E-state index is 11.7. The van der Waals surface area contributed by atoms with Crippen molar-refractivity contribution >= 4 is 5.97 Å². The molecule has 0 saturated carbocycles. The van der Waals surface area contributed by atoms with E-state index in [-0.39, 0.29) is 50.5 Å². The van der Waals surface area contributed by atoms with Gasteiger partial charge in [-0.15, -0.1) is 0 Å². The number of carbonyl (C=O) groups excluding carboxylic acids is 1. The first-order valence-corrected chi connectivity index (χ1v) is 6.00. The van der Waals surface area contributed by atoms with E-state index in [2.05, 4.69) is 4.74 Å². The molecular weight excluding hydrogens is 501 g/mol. The molecule has 1 heterocycles.